The molecule has 1 saturated heterocycles. The van der Waals surface area contributed by atoms with Crippen LogP contribution in [-0.4, -0.2) is 53.0 Å². The Hall–Kier alpha value is -1.93. The fourth-order valence-electron chi connectivity index (χ4n) is 2.20. The van der Waals surface area contributed by atoms with E-state index in [4.69, 9.17) is 12.2 Å². The molecule has 1 aromatic rings. The topological polar surface area (TPSA) is 54.5 Å². The Balaban J connectivity index is 2.00. The molecule has 18 heavy (non-hydrogen) atoms. The van der Waals surface area contributed by atoms with Crippen LogP contribution in [0.15, 0.2) is 12.3 Å². The summed E-state index contributed by atoms with van der Waals surface area (Å²) in [5, 5.41) is 0. The van der Waals surface area contributed by atoms with Crippen molar-refractivity contribution in [2.45, 2.75) is 0 Å². The van der Waals surface area contributed by atoms with Gasteiger partial charge in [0.25, 0.3) is 5.91 Å². The van der Waals surface area contributed by atoms with Crippen LogP contribution in [0.25, 0.3) is 0 Å². The van der Waals surface area contributed by atoms with Crippen LogP contribution in [0.4, 0.5) is 5.69 Å². The van der Waals surface area contributed by atoms with Gasteiger partial charge in [0, 0.05) is 39.4 Å². The number of carbonyl (C=O) groups is 1. The fraction of sp³-hybridized carbons (Fsp3) is 0.462. The minimum absolute atomic E-state index is 0.0366. The van der Waals surface area contributed by atoms with Crippen molar-refractivity contribution in [2.75, 3.05) is 38.5 Å². The average Bonchev–Trinajstić information content (AvgIpc) is 2.69. The standard InChI is InChI=1S/C13H18N4O/c1-3-4-16-5-7-17(8-6-16)13(18)12-9-11(14)10-15(12)2/h1,9-10H,4-8,14H2,2H3. The van der Waals surface area contributed by atoms with Crippen molar-refractivity contribution >= 4 is 11.6 Å². The molecule has 0 radical (unpaired) electrons. The van der Waals surface area contributed by atoms with Crippen LogP contribution in [0, 0.1) is 12.3 Å². The van der Waals surface area contributed by atoms with E-state index in [9.17, 15) is 4.79 Å². The lowest BCUT2D eigenvalue weighted by Crippen LogP contribution is -2.49. The van der Waals surface area contributed by atoms with Gasteiger partial charge in [0.1, 0.15) is 5.69 Å². The highest BCUT2D eigenvalue weighted by molar-refractivity contribution is 5.93. The van der Waals surface area contributed by atoms with Crippen molar-refractivity contribution in [3.05, 3.63) is 18.0 Å². The highest BCUT2D eigenvalue weighted by atomic mass is 16.2. The Bertz CT molecular complexity index is 478. The largest absolute Gasteiger partial charge is 0.397 e. The van der Waals surface area contributed by atoms with Gasteiger partial charge in [0.05, 0.1) is 12.2 Å². The first kappa shape index (κ1) is 12.5. The SMILES string of the molecule is C#CCN1CCN(C(=O)c2cc(N)cn2C)CC1. The maximum Gasteiger partial charge on any atom is 0.270 e. The van der Waals surface area contributed by atoms with Crippen LogP contribution in [0.1, 0.15) is 10.5 Å². The molecule has 0 atom stereocenters. The molecule has 96 valence electrons. The smallest absolute Gasteiger partial charge is 0.270 e. The molecular formula is C13H18N4O. The quantitative estimate of drug-likeness (QED) is 0.747. The molecule has 1 aliphatic rings. The summed E-state index contributed by atoms with van der Waals surface area (Å²) < 4.78 is 1.77. The normalized spacial score (nSPS) is 16.6. The molecule has 1 aromatic heterocycles. The lowest BCUT2D eigenvalue weighted by atomic mass is 10.2. The lowest BCUT2D eigenvalue weighted by Gasteiger charge is -2.33. The molecule has 1 fully saturated rings. The number of amides is 1. The van der Waals surface area contributed by atoms with E-state index in [0.29, 0.717) is 31.0 Å². The Kier molecular flexibility index (Phi) is 3.58. The first-order valence-corrected chi connectivity index (χ1v) is 5.98. The predicted molar refractivity (Wildman–Crippen MR) is 71.0 cm³/mol. The van der Waals surface area contributed by atoms with Crippen molar-refractivity contribution in [1.29, 1.82) is 0 Å². The molecule has 0 aromatic carbocycles. The third-order valence-corrected chi connectivity index (χ3v) is 3.22. The minimum atomic E-state index is 0.0366. The number of aromatic nitrogens is 1. The molecule has 0 bridgehead atoms. The first-order valence-electron chi connectivity index (χ1n) is 5.98. The van der Waals surface area contributed by atoms with Gasteiger partial charge >= 0.3 is 0 Å². The summed E-state index contributed by atoms with van der Waals surface area (Å²) in [6.07, 6.45) is 7.03. The number of anilines is 1. The zero-order valence-corrected chi connectivity index (χ0v) is 10.6. The second-order valence-electron chi connectivity index (χ2n) is 4.54. The number of rotatable bonds is 2. The van der Waals surface area contributed by atoms with Crippen LogP contribution in [0.2, 0.25) is 0 Å². The Morgan fingerprint density at radius 2 is 2.11 bits per heavy atom. The van der Waals surface area contributed by atoms with E-state index in [2.05, 4.69) is 10.8 Å². The number of hydrogen-bond donors (Lipinski definition) is 1. The van der Waals surface area contributed by atoms with E-state index < -0.39 is 0 Å². The predicted octanol–water partition coefficient (Wildman–Crippen LogP) is -0.00170. The number of aryl methyl sites for hydroxylation is 1. The molecule has 2 rings (SSSR count). The van der Waals surface area contributed by atoms with Crippen LogP contribution < -0.4 is 5.73 Å². The van der Waals surface area contributed by atoms with E-state index >= 15 is 0 Å². The van der Waals surface area contributed by atoms with Gasteiger partial charge in [0.2, 0.25) is 0 Å². The van der Waals surface area contributed by atoms with Gasteiger partial charge in [0.15, 0.2) is 0 Å². The second-order valence-corrected chi connectivity index (χ2v) is 4.54. The number of terminal acetylenes is 1. The summed E-state index contributed by atoms with van der Waals surface area (Å²) in [7, 11) is 1.83. The maximum atomic E-state index is 12.3. The van der Waals surface area contributed by atoms with Crippen molar-refractivity contribution in [1.82, 2.24) is 14.4 Å². The Morgan fingerprint density at radius 3 is 2.61 bits per heavy atom. The number of nitrogens with zero attached hydrogens (tertiary/aromatic N) is 3. The van der Waals surface area contributed by atoms with Crippen LogP contribution in [0.3, 0.4) is 0 Å². The van der Waals surface area contributed by atoms with Gasteiger partial charge in [-0.25, -0.2) is 0 Å². The maximum absolute atomic E-state index is 12.3. The van der Waals surface area contributed by atoms with Gasteiger partial charge < -0.3 is 15.2 Å². The Morgan fingerprint density at radius 1 is 1.44 bits per heavy atom. The molecule has 0 spiro atoms. The highest BCUT2D eigenvalue weighted by Crippen LogP contribution is 2.13. The summed E-state index contributed by atoms with van der Waals surface area (Å²) in [6.45, 7) is 3.74. The van der Waals surface area contributed by atoms with E-state index in [1.54, 1.807) is 16.8 Å². The summed E-state index contributed by atoms with van der Waals surface area (Å²) in [5.74, 6) is 2.66. The van der Waals surface area contributed by atoms with E-state index in [0.717, 1.165) is 13.1 Å². The highest BCUT2D eigenvalue weighted by Gasteiger charge is 2.23. The van der Waals surface area contributed by atoms with E-state index in [1.165, 1.54) is 0 Å². The summed E-state index contributed by atoms with van der Waals surface area (Å²) in [4.78, 5) is 16.3. The Labute approximate surface area is 107 Å². The van der Waals surface area contributed by atoms with Gasteiger partial charge in [-0.2, -0.15) is 0 Å². The molecule has 1 aliphatic heterocycles. The number of nitrogen functional groups attached to an aromatic ring is 1. The van der Waals surface area contributed by atoms with Gasteiger partial charge in [-0.05, 0) is 6.07 Å². The van der Waals surface area contributed by atoms with E-state index in [1.807, 2.05) is 11.9 Å². The van der Waals surface area contributed by atoms with E-state index in [-0.39, 0.29) is 5.91 Å². The monoisotopic (exact) mass is 246 g/mol. The van der Waals surface area contributed by atoms with Gasteiger partial charge in [-0.3, -0.25) is 9.69 Å². The number of hydrogen-bond acceptors (Lipinski definition) is 3. The molecule has 5 heteroatoms. The third kappa shape index (κ3) is 2.49. The molecule has 0 unspecified atom stereocenters. The molecular weight excluding hydrogens is 228 g/mol. The summed E-state index contributed by atoms with van der Waals surface area (Å²) >= 11 is 0. The number of nitrogens with two attached hydrogens (primary N) is 1. The molecule has 2 heterocycles. The average molecular weight is 246 g/mol. The zero-order valence-electron chi connectivity index (χ0n) is 10.6. The zero-order chi connectivity index (χ0) is 13.1. The molecule has 0 saturated carbocycles. The number of piperazine rings is 1. The van der Waals surface area contributed by atoms with Crippen molar-refractivity contribution < 1.29 is 4.79 Å². The third-order valence-electron chi connectivity index (χ3n) is 3.22. The minimum Gasteiger partial charge on any atom is -0.397 e. The first-order chi connectivity index (χ1) is 8.61. The van der Waals surface area contributed by atoms with Gasteiger partial charge in [-0.1, -0.05) is 5.92 Å². The van der Waals surface area contributed by atoms with Crippen LogP contribution in [-0.2, 0) is 7.05 Å². The van der Waals surface area contributed by atoms with Crippen molar-refractivity contribution in [3.63, 3.8) is 0 Å². The molecule has 1 amide bonds. The van der Waals surface area contributed by atoms with Crippen molar-refractivity contribution in [3.8, 4) is 12.3 Å². The van der Waals surface area contributed by atoms with Crippen LogP contribution in [0.5, 0.6) is 0 Å². The van der Waals surface area contributed by atoms with Gasteiger partial charge in [-0.15, -0.1) is 6.42 Å². The lowest BCUT2D eigenvalue weighted by molar-refractivity contribution is 0.0643. The fourth-order valence-corrected chi connectivity index (χ4v) is 2.20. The van der Waals surface area contributed by atoms with Crippen molar-refractivity contribution in [2.24, 2.45) is 7.05 Å². The van der Waals surface area contributed by atoms with Crippen LogP contribution >= 0.6 is 0 Å². The number of carbonyl (C=O) groups excluding carboxylic acids is 1. The summed E-state index contributed by atoms with van der Waals surface area (Å²) in [5.41, 5.74) is 6.94. The molecule has 2 N–H and O–H groups in total. The molecule has 0 aliphatic carbocycles. The second kappa shape index (κ2) is 5.15. The summed E-state index contributed by atoms with van der Waals surface area (Å²) in [6, 6.07) is 1.72. The molecule has 5 nitrogen and oxygen atoms in total.